The van der Waals surface area contributed by atoms with E-state index in [0.29, 0.717) is 13.0 Å². The Kier molecular flexibility index (Phi) is 3.49. The summed E-state index contributed by atoms with van der Waals surface area (Å²) >= 11 is 0. The predicted molar refractivity (Wildman–Crippen MR) is 81.4 cm³/mol. The van der Waals surface area contributed by atoms with Crippen molar-refractivity contribution in [1.82, 2.24) is 0 Å². The van der Waals surface area contributed by atoms with Crippen LogP contribution in [0.25, 0.3) is 0 Å². The minimum atomic E-state index is -3.24. The Morgan fingerprint density at radius 1 is 0.950 bits per heavy atom. The molecular weight excluding hydrogens is 270 g/mol. The van der Waals surface area contributed by atoms with Crippen LogP contribution in [0.15, 0.2) is 54.6 Å². The normalized spacial score (nSPS) is 14.3. The second-order valence-corrected chi connectivity index (χ2v) is 7.02. The van der Waals surface area contributed by atoms with Crippen molar-refractivity contribution in [3.63, 3.8) is 0 Å². The number of hydrogen-bond acceptors (Lipinski definition) is 2. The molecule has 0 aromatic heterocycles. The van der Waals surface area contributed by atoms with Crippen LogP contribution in [-0.4, -0.2) is 20.7 Å². The molecule has 1 heterocycles. The molecule has 0 atom stereocenters. The SMILES string of the molecule is O=S(=O)(CCc1ccccc1)N1CCc2ccccc21. The van der Waals surface area contributed by atoms with Gasteiger partial charge in [-0.2, -0.15) is 0 Å². The Morgan fingerprint density at radius 2 is 1.65 bits per heavy atom. The number of rotatable bonds is 4. The molecule has 0 radical (unpaired) electrons. The molecule has 2 aromatic rings. The number of hydrogen-bond donors (Lipinski definition) is 0. The van der Waals surface area contributed by atoms with Gasteiger partial charge in [-0.25, -0.2) is 8.42 Å². The number of fused-ring (bicyclic) bond motifs is 1. The molecule has 0 spiro atoms. The molecule has 0 N–H and O–H groups in total. The van der Waals surface area contributed by atoms with Crippen LogP contribution in [0, 0.1) is 0 Å². The molecule has 1 aliphatic rings. The average molecular weight is 287 g/mol. The lowest BCUT2D eigenvalue weighted by molar-refractivity contribution is 0.591. The molecule has 0 fully saturated rings. The Hall–Kier alpha value is -1.81. The van der Waals surface area contributed by atoms with E-state index in [2.05, 4.69) is 0 Å². The van der Waals surface area contributed by atoms with E-state index in [0.717, 1.165) is 23.2 Å². The standard InChI is InChI=1S/C16H17NO2S/c18-20(19,13-11-14-6-2-1-3-7-14)17-12-10-15-8-4-5-9-16(15)17/h1-9H,10-13H2. The fourth-order valence-corrected chi connectivity index (χ4v) is 4.16. The van der Waals surface area contributed by atoms with E-state index in [9.17, 15) is 8.42 Å². The number of para-hydroxylation sites is 1. The summed E-state index contributed by atoms with van der Waals surface area (Å²) < 4.78 is 26.6. The molecule has 0 saturated heterocycles. The molecular formula is C16H17NO2S. The van der Waals surface area contributed by atoms with Crippen molar-refractivity contribution >= 4 is 15.7 Å². The van der Waals surface area contributed by atoms with Crippen molar-refractivity contribution in [3.05, 3.63) is 65.7 Å². The first kappa shape index (κ1) is 13.2. The van der Waals surface area contributed by atoms with Crippen LogP contribution < -0.4 is 4.31 Å². The van der Waals surface area contributed by atoms with Crippen molar-refractivity contribution in [2.45, 2.75) is 12.8 Å². The molecule has 20 heavy (non-hydrogen) atoms. The number of nitrogens with zero attached hydrogens (tertiary/aromatic N) is 1. The Bertz CT molecular complexity index is 695. The van der Waals surface area contributed by atoms with E-state index in [1.165, 1.54) is 0 Å². The third kappa shape index (κ3) is 2.56. The zero-order valence-corrected chi connectivity index (χ0v) is 12.0. The van der Waals surface area contributed by atoms with Gasteiger partial charge in [-0.1, -0.05) is 48.5 Å². The molecule has 3 nitrogen and oxygen atoms in total. The Morgan fingerprint density at radius 3 is 2.45 bits per heavy atom. The van der Waals surface area contributed by atoms with Gasteiger partial charge >= 0.3 is 0 Å². The predicted octanol–water partition coefficient (Wildman–Crippen LogP) is 2.62. The van der Waals surface area contributed by atoms with Crippen molar-refractivity contribution in [3.8, 4) is 0 Å². The monoisotopic (exact) mass is 287 g/mol. The van der Waals surface area contributed by atoms with Crippen LogP contribution in [-0.2, 0) is 22.9 Å². The molecule has 0 aliphatic carbocycles. The maximum atomic E-state index is 12.5. The van der Waals surface area contributed by atoms with E-state index >= 15 is 0 Å². The first-order valence-electron chi connectivity index (χ1n) is 6.79. The highest BCUT2D eigenvalue weighted by molar-refractivity contribution is 7.92. The lowest BCUT2D eigenvalue weighted by Crippen LogP contribution is -2.32. The lowest BCUT2D eigenvalue weighted by atomic mass is 10.2. The van der Waals surface area contributed by atoms with Crippen LogP contribution in [0.4, 0.5) is 5.69 Å². The topological polar surface area (TPSA) is 37.4 Å². The maximum absolute atomic E-state index is 12.5. The minimum Gasteiger partial charge on any atom is -0.270 e. The van der Waals surface area contributed by atoms with Crippen molar-refractivity contribution in [2.24, 2.45) is 0 Å². The van der Waals surface area contributed by atoms with Crippen LogP contribution in [0.3, 0.4) is 0 Å². The summed E-state index contributed by atoms with van der Waals surface area (Å²) in [6.45, 7) is 0.566. The third-order valence-electron chi connectivity index (χ3n) is 3.67. The first-order chi connectivity index (χ1) is 9.67. The summed E-state index contributed by atoms with van der Waals surface area (Å²) in [6, 6.07) is 17.5. The fraction of sp³-hybridized carbons (Fsp3) is 0.250. The largest absolute Gasteiger partial charge is 0.270 e. The van der Waals surface area contributed by atoms with E-state index in [1.54, 1.807) is 4.31 Å². The van der Waals surface area contributed by atoms with Gasteiger partial charge < -0.3 is 0 Å². The van der Waals surface area contributed by atoms with Gasteiger partial charge in [0.2, 0.25) is 10.0 Å². The highest BCUT2D eigenvalue weighted by Crippen LogP contribution is 2.30. The number of sulfonamides is 1. The fourth-order valence-electron chi connectivity index (χ4n) is 2.60. The minimum absolute atomic E-state index is 0.158. The van der Waals surface area contributed by atoms with E-state index in [4.69, 9.17) is 0 Å². The van der Waals surface area contributed by atoms with Crippen molar-refractivity contribution in [2.75, 3.05) is 16.6 Å². The summed E-state index contributed by atoms with van der Waals surface area (Å²) in [7, 11) is -3.24. The van der Waals surface area contributed by atoms with Crippen molar-refractivity contribution < 1.29 is 8.42 Å². The zero-order valence-electron chi connectivity index (χ0n) is 11.2. The van der Waals surface area contributed by atoms with E-state index in [-0.39, 0.29) is 5.75 Å². The summed E-state index contributed by atoms with van der Waals surface area (Å²) in [5, 5.41) is 0. The van der Waals surface area contributed by atoms with E-state index < -0.39 is 10.0 Å². The van der Waals surface area contributed by atoms with Gasteiger partial charge in [-0.05, 0) is 30.0 Å². The van der Waals surface area contributed by atoms with Crippen LogP contribution in [0.1, 0.15) is 11.1 Å². The van der Waals surface area contributed by atoms with Crippen LogP contribution in [0.2, 0.25) is 0 Å². The summed E-state index contributed by atoms with van der Waals surface area (Å²) in [5.41, 5.74) is 3.03. The quantitative estimate of drug-likeness (QED) is 0.867. The molecule has 4 heteroatoms. The Labute approximate surface area is 119 Å². The second kappa shape index (κ2) is 5.29. The summed E-state index contributed by atoms with van der Waals surface area (Å²) in [6.07, 6.45) is 1.36. The molecule has 0 unspecified atom stereocenters. The smallest absolute Gasteiger partial charge is 0.235 e. The van der Waals surface area contributed by atoms with Gasteiger partial charge in [0, 0.05) is 6.54 Å². The molecule has 0 amide bonds. The first-order valence-corrected chi connectivity index (χ1v) is 8.40. The molecule has 0 bridgehead atoms. The molecule has 3 rings (SSSR count). The van der Waals surface area contributed by atoms with Gasteiger partial charge in [0.25, 0.3) is 0 Å². The van der Waals surface area contributed by atoms with Gasteiger partial charge in [0.05, 0.1) is 11.4 Å². The maximum Gasteiger partial charge on any atom is 0.235 e. The molecule has 2 aromatic carbocycles. The zero-order chi connectivity index (χ0) is 14.0. The Balaban J connectivity index is 1.77. The van der Waals surface area contributed by atoms with Crippen LogP contribution >= 0.6 is 0 Å². The summed E-state index contributed by atoms with van der Waals surface area (Å²) in [4.78, 5) is 0. The third-order valence-corrected chi connectivity index (χ3v) is 5.44. The van der Waals surface area contributed by atoms with Crippen molar-refractivity contribution in [1.29, 1.82) is 0 Å². The highest BCUT2D eigenvalue weighted by Gasteiger charge is 2.28. The number of anilines is 1. The summed E-state index contributed by atoms with van der Waals surface area (Å²) in [5.74, 6) is 0.158. The van der Waals surface area contributed by atoms with E-state index in [1.807, 2.05) is 54.6 Å². The van der Waals surface area contributed by atoms with Gasteiger partial charge in [-0.15, -0.1) is 0 Å². The van der Waals surface area contributed by atoms with Gasteiger partial charge in [0.15, 0.2) is 0 Å². The molecule has 104 valence electrons. The number of benzene rings is 2. The van der Waals surface area contributed by atoms with Crippen LogP contribution in [0.5, 0.6) is 0 Å². The highest BCUT2D eigenvalue weighted by atomic mass is 32.2. The second-order valence-electron chi connectivity index (χ2n) is 5.00. The van der Waals surface area contributed by atoms with Gasteiger partial charge in [0.1, 0.15) is 0 Å². The molecule has 0 saturated carbocycles. The molecule has 1 aliphatic heterocycles. The lowest BCUT2D eigenvalue weighted by Gasteiger charge is -2.19. The van der Waals surface area contributed by atoms with Gasteiger partial charge in [-0.3, -0.25) is 4.31 Å². The number of aryl methyl sites for hydroxylation is 1. The average Bonchev–Trinajstić information content (AvgIpc) is 2.91.